The summed E-state index contributed by atoms with van der Waals surface area (Å²) in [4.78, 5) is 26.5. The summed E-state index contributed by atoms with van der Waals surface area (Å²) in [6.07, 6.45) is 3.46. The number of aryl methyl sites for hydroxylation is 2. The summed E-state index contributed by atoms with van der Waals surface area (Å²) in [7, 11) is 0. The van der Waals surface area contributed by atoms with Crippen molar-refractivity contribution in [2.24, 2.45) is 5.92 Å². The molecule has 24 heavy (non-hydrogen) atoms. The molecule has 0 saturated carbocycles. The summed E-state index contributed by atoms with van der Waals surface area (Å²) in [5.41, 5.74) is 0.603. The Kier molecular flexibility index (Phi) is 8.58. The van der Waals surface area contributed by atoms with Crippen LogP contribution in [0, 0.1) is 19.8 Å². The maximum absolute atomic E-state index is 12.8. The number of rotatable bonds is 10. The molecule has 1 aromatic heterocycles. The van der Waals surface area contributed by atoms with Crippen LogP contribution < -0.4 is 5.32 Å². The lowest BCUT2D eigenvalue weighted by atomic mass is 10.1. The van der Waals surface area contributed by atoms with E-state index in [1.54, 1.807) is 17.9 Å². The number of amides is 2. The van der Waals surface area contributed by atoms with Gasteiger partial charge >= 0.3 is 0 Å². The fourth-order valence-corrected chi connectivity index (χ4v) is 2.52. The molecular formula is C19H32N2O3. The Balaban J connectivity index is 2.67. The summed E-state index contributed by atoms with van der Waals surface area (Å²) in [5, 5.41) is 2.90. The van der Waals surface area contributed by atoms with Crippen LogP contribution in [0.1, 0.15) is 68.3 Å². The lowest BCUT2D eigenvalue weighted by molar-refractivity contribution is -0.121. The summed E-state index contributed by atoms with van der Waals surface area (Å²) in [5.74, 6) is 1.75. The number of unbranched alkanes of at least 4 members (excludes halogenated alkanes) is 2. The smallest absolute Gasteiger partial charge is 0.257 e. The van der Waals surface area contributed by atoms with Gasteiger partial charge in [0, 0.05) is 26.1 Å². The Hall–Kier alpha value is -1.78. The first-order valence-electron chi connectivity index (χ1n) is 8.98. The maximum atomic E-state index is 12.8. The molecule has 0 radical (unpaired) electrons. The molecule has 1 aromatic rings. The molecule has 0 atom stereocenters. The summed E-state index contributed by atoms with van der Waals surface area (Å²) >= 11 is 0. The quantitative estimate of drug-likeness (QED) is 0.663. The van der Waals surface area contributed by atoms with E-state index in [0.717, 1.165) is 25.0 Å². The zero-order valence-electron chi connectivity index (χ0n) is 15.8. The molecule has 0 saturated heterocycles. The van der Waals surface area contributed by atoms with Crippen molar-refractivity contribution in [3.63, 3.8) is 0 Å². The number of nitrogens with zero attached hydrogens (tertiary/aromatic N) is 1. The van der Waals surface area contributed by atoms with Crippen molar-refractivity contribution < 1.29 is 14.0 Å². The number of carbonyl (C=O) groups is 2. The molecule has 0 aliphatic carbocycles. The summed E-state index contributed by atoms with van der Waals surface area (Å²) in [6, 6.07) is 1.78. The predicted octanol–water partition coefficient (Wildman–Crippen LogP) is 3.69. The third-order valence-electron chi connectivity index (χ3n) is 3.91. The number of hydrogen-bond donors (Lipinski definition) is 1. The number of furan rings is 1. The molecule has 5 heteroatoms. The van der Waals surface area contributed by atoms with E-state index in [0.29, 0.717) is 43.3 Å². The van der Waals surface area contributed by atoms with E-state index in [9.17, 15) is 9.59 Å². The SMILES string of the molecule is CCCCCN(CCC(=O)NCC(C)C)C(=O)c1cc(C)oc1C. The fourth-order valence-electron chi connectivity index (χ4n) is 2.52. The molecule has 0 spiro atoms. The van der Waals surface area contributed by atoms with Gasteiger partial charge in [-0.05, 0) is 32.3 Å². The average Bonchev–Trinajstić information content (AvgIpc) is 2.86. The molecule has 1 rings (SSSR count). The minimum atomic E-state index is -0.0443. The molecular weight excluding hydrogens is 304 g/mol. The zero-order valence-corrected chi connectivity index (χ0v) is 15.8. The van der Waals surface area contributed by atoms with Crippen LogP contribution in [0.15, 0.2) is 10.5 Å². The second kappa shape index (κ2) is 10.2. The highest BCUT2D eigenvalue weighted by Gasteiger charge is 2.21. The topological polar surface area (TPSA) is 62.6 Å². The highest BCUT2D eigenvalue weighted by Crippen LogP contribution is 2.17. The van der Waals surface area contributed by atoms with Gasteiger partial charge in [-0.2, -0.15) is 0 Å². The lowest BCUT2D eigenvalue weighted by Crippen LogP contribution is -2.36. The van der Waals surface area contributed by atoms with Crippen molar-refractivity contribution in [2.45, 2.75) is 60.3 Å². The zero-order chi connectivity index (χ0) is 18.1. The van der Waals surface area contributed by atoms with Crippen LogP contribution in [0.3, 0.4) is 0 Å². The molecule has 0 fully saturated rings. The highest BCUT2D eigenvalue weighted by atomic mass is 16.3. The minimum absolute atomic E-state index is 0.00270. The van der Waals surface area contributed by atoms with Crippen molar-refractivity contribution in [1.82, 2.24) is 10.2 Å². The van der Waals surface area contributed by atoms with E-state index in [-0.39, 0.29) is 11.8 Å². The van der Waals surface area contributed by atoms with Crippen LogP contribution in [0.2, 0.25) is 0 Å². The third-order valence-corrected chi connectivity index (χ3v) is 3.91. The van der Waals surface area contributed by atoms with E-state index in [2.05, 4.69) is 26.1 Å². The highest BCUT2D eigenvalue weighted by molar-refractivity contribution is 5.95. The van der Waals surface area contributed by atoms with Crippen LogP contribution in [-0.2, 0) is 4.79 Å². The summed E-state index contributed by atoms with van der Waals surface area (Å²) < 4.78 is 5.48. The van der Waals surface area contributed by atoms with Gasteiger partial charge in [0.05, 0.1) is 5.56 Å². The molecule has 1 N–H and O–H groups in total. The first kappa shape index (κ1) is 20.3. The van der Waals surface area contributed by atoms with Crippen molar-refractivity contribution in [3.05, 3.63) is 23.2 Å². The predicted molar refractivity (Wildman–Crippen MR) is 96.1 cm³/mol. The average molecular weight is 336 g/mol. The van der Waals surface area contributed by atoms with Gasteiger partial charge in [0.25, 0.3) is 5.91 Å². The van der Waals surface area contributed by atoms with Gasteiger partial charge in [-0.3, -0.25) is 9.59 Å². The fraction of sp³-hybridized carbons (Fsp3) is 0.684. The lowest BCUT2D eigenvalue weighted by Gasteiger charge is -2.22. The van der Waals surface area contributed by atoms with Crippen molar-refractivity contribution in [2.75, 3.05) is 19.6 Å². The second-order valence-electron chi connectivity index (χ2n) is 6.77. The van der Waals surface area contributed by atoms with Crippen LogP contribution >= 0.6 is 0 Å². The maximum Gasteiger partial charge on any atom is 0.257 e. The van der Waals surface area contributed by atoms with Gasteiger partial charge in [0.15, 0.2) is 0 Å². The van der Waals surface area contributed by atoms with Gasteiger partial charge in [0.2, 0.25) is 5.91 Å². The largest absolute Gasteiger partial charge is 0.466 e. The number of hydrogen-bond acceptors (Lipinski definition) is 3. The van der Waals surface area contributed by atoms with Gasteiger partial charge in [-0.15, -0.1) is 0 Å². The Morgan fingerprint density at radius 2 is 1.92 bits per heavy atom. The molecule has 136 valence electrons. The van der Waals surface area contributed by atoms with Crippen LogP contribution in [0.25, 0.3) is 0 Å². The van der Waals surface area contributed by atoms with E-state index in [1.165, 1.54) is 0 Å². The molecule has 5 nitrogen and oxygen atoms in total. The molecule has 0 bridgehead atoms. The Morgan fingerprint density at radius 3 is 2.46 bits per heavy atom. The summed E-state index contributed by atoms with van der Waals surface area (Å²) in [6.45, 7) is 11.7. The Morgan fingerprint density at radius 1 is 1.21 bits per heavy atom. The van der Waals surface area contributed by atoms with Crippen molar-refractivity contribution in [1.29, 1.82) is 0 Å². The molecule has 0 unspecified atom stereocenters. The Bertz CT molecular complexity index is 535. The van der Waals surface area contributed by atoms with Crippen LogP contribution in [0.4, 0.5) is 0 Å². The number of nitrogens with one attached hydrogen (secondary N) is 1. The van der Waals surface area contributed by atoms with Crippen molar-refractivity contribution in [3.8, 4) is 0 Å². The molecule has 0 aromatic carbocycles. The molecule has 0 aliphatic rings. The monoisotopic (exact) mass is 336 g/mol. The van der Waals surface area contributed by atoms with Crippen LogP contribution in [0.5, 0.6) is 0 Å². The van der Waals surface area contributed by atoms with Gasteiger partial charge in [-0.25, -0.2) is 0 Å². The first-order valence-corrected chi connectivity index (χ1v) is 8.98. The normalized spacial score (nSPS) is 10.9. The molecule has 0 aliphatic heterocycles. The van der Waals surface area contributed by atoms with Gasteiger partial charge in [0.1, 0.15) is 11.5 Å². The van der Waals surface area contributed by atoms with E-state index >= 15 is 0 Å². The van der Waals surface area contributed by atoms with Crippen LogP contribution in [-0.4, -0.2) is 36.3 Å². The van der Waals surface area contributed by atoms with E-state index < -0.39 is 0 Å². The number of carbonyl (C=O) groups excluding carboxylic acids is 2. The standard InChI is InChI=1S/C19H32N2O3/c1-6-7-8-10-21(11-9-18(22)20-13-14(2)3)19(23)17-12-15(4)24-16(17)5/h12,14H,6-11,13H2,1-5H3,(H,20,22). The minimum Gasteiger partial charge on any atom is -0.466 e. The van der Waals surface area contributed by atoms with Crippen molar-refractivity contribution >= 4 is 11.8 Å². The second-order valence-corrected chi connectivity index (χ2v) is 6.77. The van der Waals surface area contributed by atoms with E-state index in [4.69, 9.17) is 4.42 Å². The Labute approximate surface area is 145 Å². The van der Waals surface area contributed by atoms with E-state index in [1.807, 2.05) is 6.92 Å². The van der Waals surface area contributed by atoms with Gasteiger partial charge < -0.3 is 14.6 Å². The van der Waals surface area contributed by atoms with Gasteiger partial charge in [-0.1, -0.05) is 33.6 Å². The first-order chi connectivity index (χ1) is 11.3. The molecule has 1 heterocycles. The third kappa shape index (κ3) is 6.77. The molecule has 2 amide bonds.